The number of aromatic nitrogens is 4. The van der Waals surface area contributed by atoms with Crippen molar-refractivity contribution >= 4 is 29.1 Å². The second-order valence-electron chi connectivity index (χ2n) is 3.86. The minimum absolute atomic E-state index is 0.238. The molecular weight excluding hydrogens is 289 g/mol. The number of amides is 1. The van der Waals surface area contributed by atoms with Gasteiger partial charge in [0.05, 0.1) is 22.8 Å². The van der Waals surface area contributed by atoms with Crippen LogP contribution >= 0.6 is 23.2 Å². The fraction of sp³-hybridized carbons (Fsp3) is 0.364. The van der Waals surface area contributed by atoms with Crippen LogP contribution < -0.4 is 5.32 Å². The first kappa shape index (κ1) is 13.9. The van der Waals surface area contributed by atoms with Crippen molar-refractivity contribution in [1.82, 2.24) is 24.9 Å². The summed E-state index contributed by atoms with van der Waals surface area (Å²) >= 11 is 11.7. The standard InChI is InChI=1S/C11H13Cl2N5O/c1-2-17-7-9(13)10(16-17)11(19)14-3-4-18-6-8(12)5-15-18/h5-7H,2-4H2,1H3,(H,14,19). The average Bonchev–Trinajstić information content (AvgIpc) is 2.95. The molecule has 0 saturated carbocycles. The Hall–Kier alpha value is -1.53. The largest absolute Gasteiger partial charge is 0.349 e. The van der Waals surface area contributed by atoms with Crippen LogP contribution in [0.4, 0.5) is 0 Å². The molecule has 102 valence electrons. The van der Waals surface area contributed by atoms with E-state index in [9.17, 15) is 4.79 Å². The molecule has 2 rings (SSSR count). The maximum atomic E-state index is 11.9. The molecule has 0 bridgehead atoms. The molecule has 0 aliphatic rings. The molecule has 0 spiro atoms. The second kappa shape index (κ2) is 6.08. The monoisotopic (exact) mass is 301 g/mol. The average molecular weight is 302 g/mol. The van der Waals surface area contributed by atoms with Crippen LogP contribution in [0.2, 0.25) is 10.0 Å². The quantitative estimate of drug-likeness (QED) is 0.916. The van der Waals surface area contributed by atoms with Gasteiger partial charge < -0.3 is 5.32 Å². The number of hydrogen-bond acceptors (Lipinski definition) is 3. The molecule has 2 aromatic heterocycles. The van der Waals surface area contributed by atoms with Gasteiger partial charge in [0.15, 0.2) is 5.69 Å². The number of carbonyl (C=O) groups is 1. The van der Waals surface area contributed by atoms with Crippen LogP contribution in [0.25, 0.3) is 0 Å². The Kier molecular flexibility index (Phi) is 4.44. The normalized spacial score (nSPS) is 10.7. The fourth-order valence-electron chi connectivity index (χ4n) is 1.54. The summed E-state index contributed by atoms with van der Waals surface area (Å²) in [6.07, 6.45) is 4.86. The molecule has 1 amide bonds. The molecule has 0 saturated heterocycles. The van der Waals surface area contributed by atoms with Crippen LogP contribution in [-0.2, 0) is 13.1 Å². The van der Waals surface area contributed by atoms with Gasteiger partial charge in [-0.2, -0.15) is 10.2 Å². The van der Waals surface area contributed by atoms with Gasteiger partial charge in [-0.15, -0.1) is 0 Å². The van der Waals surface area contributed by atoms with Gasteiger partial charge in [-0.25, -0.2) is 0 Å². The van der Waals surface area contributed by atoms with E-state index in [2.05, 4.69) is 15.5 Å². The third kappa shape index (κ3) is 3.48. The zero-order chi connectivity index (χ0) is 13.8. The predicted molar refractivity (Wildman–Crippen MR) is 72.5 cm³/mol. The number of carbonyl (C=O) groups excluding carboxylic acids is 1. The molecule has 6 nitrogen and oxygen atoms in total. The number of rotatable bonds is 5. The van der Waals surface area contributed by atoms with E-state index < -0.39 is 0 Å². The minimum atomic E-state index is -0.296. The Morgan fingerprint density at radius 1 is 1.37 bits per heavy atom. The van der Waals surface area contributed by atoms with Gasteiger partial charge in [0, 0.05) is 25.5 Å². The smallest absolute Gasteiger partial charge is 0.273 e. The van der Waals surface area contributed by atoms with E-state index in [1.165, 1.54) is 0 Å². The lowest BCUT2D eigenvalue weighted by atomic mass is 10.4. The summed E-state index contributed by atoms with van der Waals surface area (Å²) < 4.78 is 3.26. The first-order valence-corrected chi connectivity index (χ1v) is 6.55. The molecule has 0 aliphatic heterocycles. The number of halogens is 2. The molecule has 0 aromatic carbocycles. The number of nitrogens with one attached hydrogen (secondary N) is 1. The Morgan fingerprint density at radius 3 is 2.74 bits per heavy atom. The van der Waals surface area contributed by atoms with Crippen LogP contribution in [0.15, 0.2) is 18.6 Å². The fourth-order valence-corrected chi connectivity index (χ4v) is 1.93. The van der Waals surface area contributed by atoms with Crippen molar-refractivity contribution < 1.29 is 4.79 Å². The highest BCUT2D eigenvalue weighted by Crippen LogP contribution is 2.13. The molecule has 0 aliphatic carbocycles. The van der Waals surface area contributed by atoms with Gasteiger partial charge in [-0.05, 0) is 6.92 Å². The highest BCUT2D eigenvalue weighted by atomic mass is 35.5. The summed E-state index contributed by atoms with van der Waals surface area (Å²) in [5.74, 6) is -0.296. The van der Waals surface area contributed by atoms with E-state index in [0.29, 0.717) is 29.7 Å². The van der Waals surface area contributed by atoms with Crippen molar-refractivity contribution in [2.45, 2.75) is 20.0 Å². The van der Waals surface area contributed by atoms with Crippen LogP contribution in [0.5, 0.6) is 0 Å². The number of hydrogen-bond donors (Lipinski definition) is 1. The SMILES string of the molecule is CCn1cc(Cl)c(C(=O)NCCn2cc(Cl)cn2)n1. The number of aryl methyl sites for hydroxylation is 1. The Labute approximate surface area is 120 Å². The Balaban J connectivity index is 1.88. The van der Waals surface area contributed by atoms with Crippen molar-refractivity contribution in [1.29, 1.82) is 0 Å². The summed E-state index contributed by atoms with van der Waals surface area (Å²) in [6, 6.07) is 0. The predicted octanol–water partition coefficient (Wildman–Crippen LogP) is 1.84. The lowest BCUT2D eigenvalue weighted by molar-refractivity contribution is 0.0946. The zero-order valence-corrected chi connectivity index (χ0v) is 11.8. The van der Waals surface area contributed by atoms with Gasteiger partial charge in [0.2, 0.25) is 0 Å². The van der Waals surface area contributed by atoms with Crippen LogP contribution in [0, 0.1) is 0 Å². The summed E-state index contributed by atoms with van der Waals surface area (Å²) in [6.45, 7) is 3.54. The summed E-state index contributed by atoms with van der Waals surface area (Å²) in [7, 11) is 0. The molecule has 0 unspecified atom stereocenters. The molecule has 0 atom stereocenters. The third-order valence-corrected chi connectivity index (χ3v) is 2.96. The second-order valence-corrected chi connectivity index (χ2v) is 4.70. The molecule has 8 heteroatoms. The summed E-state index contributed by atoms with van der Waals surface area (Å²) in [5, 5.41) is 11.7. The molecule has 0 radical (unpaired) electrons. The number of nitrogens with zero attached hydrogens (tertiary/aromatic N) is 4. The molecule has 2 aromatic rings. The van der Waals surface area contributed by atoms with Crippen molar-refractivity contribution in [2.24, 2.45) is 0 Å². The van der Waals surface area contributed by atoms with E-state index in [1.807, 2.05) is 6.92 Å². The first-order chi connectivity index (χ1) is 9.10. The maximum absolute atomic E-state index is 11.9. The van der Waals surface area contributed by atoms with Crippen molar-refractivity contribution in [3.05, 3.63) is 34.3 Å². The van der Waals surface area contributed by atoms with E-state index in [1.54, 1.807) is 28.0 Å². The summed E-state index contributed by atoms with van der Waals surface area (Å²) in [5.41, 5.74) is 0.238. The van der Waals surface area contributed by atoms with Gasteiger partial charge in [0.1, 0.15) is 0 Å². The van der Waals surface area contributed by atoms with Gasteiger partial charge in [0.25, 0.3) is 5.91 Å². The molecule has 1 N–H and O–H groups in total. The van der Waals surface area contributed by atoms with Gasteiger partial charge in [-0.1, -0.05) is 23.2 Å². The summed E-state index contributed by atoms with van der Waals surface area (Å²) in [4.78, 5) is 11.9. The van der Waals surface area contributed by atoms with Crippen molar-refractivity contribution in [2.75, 3.05) is 6.54 Å². The third-order valence-electron chi connectivity index (χ3n) is 2.48. The maximum Gasteiger partial charge on any atom is 0.273 e. The van der Waals surface area contributed by atoms with Crippen molar-refractivity contribution in [3.63, 3.8) is 0 Å². The van der Waals surface area contributed by atoms with E-state index in [4.69, 9.17) is 23.2 Å². The molecule has 19 heavy (non-hydrogen) atoms. The lowest BCUT2D eigenvalue weighted by Gasteiger charge is -2.03. The molecule has 2 heterocycles. The van der Waals surface area contributed by atoms with Crippen LogP contribution in [0.3, 0.4) is 0 Å². The van der Waals surface area contributed by atoms with Crippen LogP contribution in [0.1, 0.15) is 17.4 Å². The van der Waals surface area contributed by atoms with Gasteiger partial charge in [-0.3, -0.25) is 14.2 Å². The molecule has 0 fully saturated rings. The highest BCUT2D eigenvalue weighted by molar-refractivity contribution is 6.33. The van der Waals surface area contributed by atoms with E-state index in [-0.39, 0.29) is 11.6 Å². The van der Waals surface area contributed by atoms with E-state index in [0.717, 1.165) is 0 Å². The zero-order valence-electron chi connectivity index (χ0n) is 10.3. The molecular formula is C11H13Cl2N5O. The first-order valence-electron chi connectivity index (χ1n) is 5.79. The van der Waals surface area contributed by atoms with Crippen molar-refractivity contribution in [3.8, 4) is 0 Å². The lowest BCUT2D eigenvalue weighted by Crippen LogP contribution is -2.28. The highest BCUT2D eigenvalue weighted by Gasteiger charge is 2.14. The topological polar surface area (TPSA) is 64.7 Å². The van der Waals surface area contributed by atoms with Crippen LogP contribution in [-0.4, -0.2) is 32.0 Å². The Bertz CT molecular complexity index is 577. The van der Waals surface area contributed by atoms with Gasteiger partial charge >= 0.3 is 0 Å². The van der Waals surface area contributed by atoms with E-state index >= 15 is 0 Å². The Morgan fingerprint density at radius 2 is 2.16 bits per heavy atom. The minimum Gasteiger partial charge on any atom is -0.349 e.